The Morgan fingerprint density at radius 3 is 2.75 bits per heavy atom. The Morgan fingerprint density at radius 1 is 1.25 bits per heavy atom. The standard InChI is InChI=1S/C18H31N5O/c1-4-19-18(20-8-9-23-10-12-24-13-11-23)21-15-16-6-5-7-17(14-16)22(2)3/h5-7,14H,4,8-13,15H2,1-3H3,(H2,19,20,21). The van der Waals surface area contributed by atoms with E-state index < -0.39 is 0 Å². The van der Waals surface area contributed by atoms with Crippen LogP contribution in [0, 0.1) is 0 Å². The van der Waals surface area contributed by atoms with E-state index in [9.17, 15) is 0 Å². The maximum atomic E-state index is 5.38. The number of ether oxygens (including phenoxy) is 1. The summed E-state index contributed by atoms with van der Waals surface area (Å²) < 4.78 is 5.38. The number of benzene rings is 1. The Labute approximate surface area is 145 Å². The summed E-state index contributed by atoms with van der Waals surface area (Å²) in [6.07, 6.45) is 0. The summed E-state index contributed by atoms with van der Waals surface area (Å²) in [5.74, 6) is 0.876. The van der Waals surface area contributed by atoms with Crippen molar-refractivity contribution in [2.24, 2.45) is 4.99 Å². The number of morpholine rings is 1. The molecule has 0 aromatic heterocycles. The number of nitrogens with one attached hydrogen (secondary N) is 2. The number of aliphatic imine (C=N–C) groups is 1. The molecule has 1 aliphatic heterocycles. The van der Waals surface area contributed by atoms with Crippen LogP contribution in [0.3, 0.4) is 0 Å². The van der Waals surface area contributed by atoms with Gasteiger partial charge in [-0.05, 0) is 24.6 Å². The van der Waals surface area contributed by atoms with Crippen molar-refractivity contribution in [1.29, 1.82) is 0 Å². The maximum Gasteiger partial charge on any atom is 0.191 e. The van der Waals surface area contributed by atoms with Gasteiger partial charge in [0.15, 0.2) is 5.96 Å². The number of anilines is 1. The SMILES string of the molecule is CCNC(=NCc1cccc(N(C)C)c1)NCCN1CCOCC1. The highest BCUT2D eigenvalue weighted by molar-refractivity contribution is 5.79. The molecule has 0 bridgehead atoms. The fourth-order valence-corrected chi connectivity index (χ4v) is 2.60. The van der Waals surface area contributed by atoms with E-state index in [1.165, 1.54) is 11.3 Å². The molecule has 6 nitrogen and oxygen atoms in total. The van der Waals surface area contributed by atoms with E-state index in [0.717, 1.165) is 51.9 Å². The minimum atomic E-state index is 0.675. The van der Waals surface area contributed by atoms with Gasteiger partial charge >= 0.3 is 0 Å². The molecule has 0 radical (unpaired) electrons. The molecule has 0 spiro atoms. The summed E-state index contributed by atoms with van der Waals surface area (Å²) in [7, 11) is 4.11. The molecule has 1 heterocycles. The van der Waals surface area contributed by atoms with Gasteiger partial charge < -0.3 is 20.3 Å². The predicted molar refractivity (Wildman–Crippen MR) is 101 cm³/mol. The highest BCUT2D eigenvalue weighted by Gasteiger charge is 2.09. The van der Waals surface area contributed by atoms with Crippen LogP contribution in [0.2, 0.25) is 0 Å². The van der Waals surface area contributed by atoms with E-state index >= 15 is 0 Å². The predicted octanol–water partition coefficient (Wildman–Crippen LogP) is 1.14. The first-order valence-corrected chi connectivity index (χ1v) is 8.77. The van der Waals surface area contributed by atoms with E-state index in [1.807, 2.05) is 0 Å². The molecular weight excluding hydrogens is 302 g/mol. The van der Waals surface area contributed by atoms with Crippen LogP contribution in [0.25, 0.3) is 0 Å². The van der Waals surface area contributed by atoms with Gasteiger partial charge in [-0.25, -0.2) is 4.99 Å². The van der Waals surface area contributed by atoms with Crippen molar-refractivity contribution in [2.75, 3.05) is 64.9 Å². The van der Waals surface area contributed by atoms with Crippen molar-refractivity contribution in [3.8, 4) is 0 Å². The first-order valence-electron chi connectivity index (χ1n) is 8.77. The second-order valence-electron chi connectivity index (χ2n) is 6.14. The number of rotatable bonds is 7. The Kier molecular flexibility index (Phi) is 7.85. The highest BCUT2D eigenvalue weighted by Crippen LogP contribution is 2.13. The van der Waals surface area contributed by atoms with Crippen molar-refractivity contribution >= 4 is 11.6 Å². The molecule has 0 unspecified atom stereocenters. The highest BCUT2D eigenvalue weighted by atomic mass is 16.5. The third-order valence-electron chi connectivity index (χ3n) is 4.02. The van der Waals surface area contributed by atoms with Crippen LogP contribution >= 0.6 is 0 Å². The van der Waals surface area contributed by atoms with Crippen molar-refractivity contribution in [3.63, 3.8) is 0 Å². The van der Waals surface area contributed by atoms with Gasteiger partial charge in [0.05, 0.1) is 19.8 Å². The maximum absolute atomic E-state index is 5.38. The lowest BCUT2D eigenvalue weighted by atomic mass is 10.2. The lowest BCUT2D eigenvalue weighted by Gasteiger charge is -2.26. The molecule has 1 fully saturated rings. The molecule has 1 aromatic rings. The summed E-state index contributed by atoms with van der Waals surface area (Å²) in [6, 6.07) is 8.49. The van der Waals surface area contributed by atoms with Crippen LogP contribution in [0.4, 0.5) is 5.69 Å². The van der Waals surface area contributed by atoms with Gasteiger partial charge in [0.2, 0.25) is 0 Å². The quantitative estimate of drug-likeness (QED) is 0.579. The normalized spacial score (nSPS) is 16.0. The molecule has 134 valence electrons. The minimum Gasteiger partial charge on any atom is -0.379 e. The number of hydrogen-bond acceptors (Lipinski definition) is 4. The van der Waals surface area contributed by atoms with E-state index in [-0.39, 0.29) is 0 Å². The molecule has 2 N–H and O–H groups in total. The van der Waals surface area contributed by atoms with Gasteiger partial charge in [-0.15, -0.1) is 0 Å². The zero-order chi connectivity index (χ0) is 17.2. The lowest BCUT2D eigenvalue weighted by molar-refractivity contribution is 0.0389. The second kappa shape index (κ2) is 10.2. The topological polar surface area (TPSA) is 52.1 Å². The van der Waals surface area contributed by atoms with E-state index in [1.54, 1.807) is 0 Å². The van der Waals surface area contributed by atoms with Crippen molar-refractivity contribution in [1.82, 2.24) is 15.5 Å². The monoisotopic (exact) mass is 333 g/mol. The van der Waals surface area contributed by atoms with Crippen molar-refractivity contribution in [3.05, 3.63) is 29.8 Å². The zero-order valence-electron chi connectivity index (χ0n) is 15.2. The summed E-state index contributed by atoms with van der Waals surface area (Å²) in [5, 5.41) is 6.73. The average molecular weight is 333 g/mol. The van der Waals surface area contributed by atoms with Gasteiger partial charge in [0, 0.05) is 52.5 Å². The third kappa shape index (κ3) is 6.37. The average Bonchev–Trinajstić information content (AvgIpc) is 2.61. The molecule has 0 aliphatic carbocycles. The minimum absolute atomic E-state index is 0.675. The van der Waals surface area contributed by atoms with Crippen LogP contribution in [0.15, 0.2) is 29.3 Å². The Bertz CT molecular complexity index is 512. The van der Waals surface area contributed by atoms with Crippen LogP contribution < -0.4 is 15.5 Å². The van der Waals surface area contributed by atoms with Gasteiger partial charge in [-0.3, -0.25) is 4.90 Å². The van der Waals surface area contributed by atoms with Crippen molar-refractivity contribution < 1.29 is 4.74 Å². The molecule has 1 saturated heterocycles. The van der Waals surface area contributed by atoms with Crippen LogP contribution in [-0.4, -0.2) is 70.9 Å². The van der Waals surface area contributed by atoms with Gasteiger partial charge in [-0.1, -0.05) is 12.1 Å². The van der Waals surface area contributed by atoms with Crippen LogP contribution in [0.5, 0.6) is 0 Å². The Balaban J connectivity index is 1.84. The first kappa shape index (κ1) is 18.5. The largest absolute Gasteiger partial charge is 0.379 e. The molecule has 0 saturated carbocycles. The van der Waals surface area contributed by atoms with Crippen LogP contribution in [0.1, 0.15) is 12.5 Å². The molecule has 2 rings (SSSR count). The number of guanidine groups is 1. The molecule has 1 aliphatic rings. The van der Waals surface area contributed by atoms with E-state index in [4.69, 9.17) is 9.73 Å². The fraction of sp³-hybridized carbons (Fsp3) is 0.611. The van der Waals surface area contributed by atoms with Gasteiger partial charge in [0.25, 0.3) is 0 Å². The molecule has 0 atom stereocenters. The van der Waals surface area contributed by atoms with E-state index in [2.05, 4.69) is 65.7 Å². The second-order valence-corrected chi connectivity index (χ2v) is 6.14. The Hall–Kier alpha value is -1.79. The fourth-order valence-electron chi connectivity index (χ4n) is 2.60. The number of hydrogen-bond donors (Lipinski definition) is 2. The summed E-state index contributed by atoms with van der Waals surface area (Å²) in [6.45, 7) is 9.26. The third-order valence-corrected chi connectivity index (χ3v) is 4.02. The number of nitrogens with zero attached hydrogens (tertiary/aromatic N) is 3. The summed E-state index contributed by atoms with van der Waals surface area (Å²) >= 11 is 0. The molecule has 1 aromatic carbocycles. The van der Waals surface area contributed by atoms with E-state index in [0.29, 0.717) is 6.54 Å². The zero-order valence-corrected chi connectivity index (χ0v) is 15.2. The molecule has 24 heavy (non-hydrogen) atoms. The van der Waals surface area contributed by atoms with Crippen molar-refractivity contribution in [2.45, 2.75) is 13.5 Å². The smallest absolute Gasteiger partial charge is 0.191 e. The Morgan fingerprint density at radius 2 is 2.04 bits per heavy atom. The van der Waals surface area contributed by atoms with Gasteiger partial charge in [0.1, 0.15) is 0 Å². The summed E-state index contributed by atoms with van der Waals surface area (Å²) in [4.78, 5) is 9.23. The molecule has 6 heteroatoms. The van der Waals surface area contributed by atoms with Crippen LogP contribution in [-0.2, 0) is 11.3 Å². The summed E-state index contributed by atoms with van der Waals surface area (Å²) in [5.41, 5.74) is 2.42. The first-order chi connectivity index (χ1) is 11.7. The van der Waals surface area contributed by atoms with Gasteiger partial charge in [-0.2, -0.15) is 0 Å². The molecular formula is C18H31N5O. The molecule has 0 amide bonds. The lowest BCUT2D eigenvalue weighted by Crippen LogP contribution is -2.44.